The molecule has 0 saturated carbocycles. The number of nitrogens with zero attached hydrogens (tertiary/aromatic N) is 5. The molecule has 5 rings (SSSR count). The molecule has 10 heteroatoms. The molecule has 1 amide bonds. The molecule has 2 aliphatic heterocycles. The van der Waals surface area contributed by atoms with Crippen LogP contribution in [0.4, 0.5) is 17.3 Å². The van der Waals surface area contributed by atoms with E-state index in [-0.39, 0.29) is 11.7 Å². The quantitative estimate of drug-likeness (QED) is 0.427. The number of carbonyl (C=O) groups is 1. The lowest BCUT2D eigenvalue weighted by atomic mass is 10.1. The number of benzene rings is 1. The Morgan fingerprint density at radius 1 is 1.00 bits per heavy atom. The predicted molar refractivity (Wildman–Crippen MR) is 144 cm³/mol. The van der Waals surface area contributed by atoms with Crippen LogP contribution in [0, 0.1) is 0 Å². The number of amides is 1. The normalized spacial score (nSPS) is 17.4. The summed E-state index contributed by atoms with van der Waals surface area (Å²) in [5.74, 6) is 0.276. The van der Waals surface area contributed by atoms with E-state index in [4.69, 9.17) is 15.5 Å². The van der Waals surface area contributed by atoms with Crippen LogP contribution >= 0.6 is 0 Å². The number of pyridine rings is 1. The summed E-state index contributed by atoms with van der Waals surface area (Å²) < 4.78 is 5.50. The summed E-state index contributed by atoms with van der Waals surface area (Å²) in [5, 5.41) is 6.80. The molecule has 4 N–H and O–H groups in total. The van der Waals surface area contributed by atoms with Crippen LogP contribution < -0.4 is 16.4 Å². The fourth-order valence-corrected chi connectivity index (χ4v) is 4.64. The molecule has 0 atom stereocenters. The average molecular weight is 503 g/mol. The summed E-state index contributed by atoms with van der Waals surface area (Å²) in [6, 6.07) is 12.1. The van der Waals surface area contributed by atoms with Gasteiger partial charge in [-0.25, -0.2) is 9.97 Å². The minimum absolute atomic E-state index is 0.0888. The molecule has 194 valence electrons. The van der Waals surface area contributed by atoms with Crippen molar-refractivity contribution in [2.45, 2.75) is 25.4 Å². The Kier molecular flexibility index (Phi) is 7.88. The van der Waals surface area contributed by atoms with Gasteiger partial charge in [-0.05, 0) is 49.7 Å². The van der Waals surface area contributed by atoms with Crippen molar-refractivity contribution < 1.29 is 9.53 Å². The molecule has 10 nitrogen and oxygen atoms in total. The van der Waals surface area contributed by atoms with E-state index in [2.05, 4.69) is 49.6 Å². The summed E-state index contributed by atoms with van der Waals surface area (Å²) in [6.45, 7) is 6.63. The second kappa shape index (κ2) is 11.6. The topological polar surface area (TPSA) is 122 Å². The smallest absolute Gasteiger partial charge is 0.271 e. The Hall–Kier alpha value is -3.60. The van der Waals surface area contributed by atoms with Gasteiger partial charge < -0.3 is 26.0 Å². The van der Waals surface area contributed by atoms with Gasteiger partial charge in [-0.2, -0.15) is 0 Å². The van der Waals surface area contributed by atoms with Crippen LogP contribution in [-0.4, -0.2) is 83.1 Å². The van der Waals surface area contributed by atoms with Gasteiger partial charge in [0.1, 0.15) is 5.69 Å². The van der Waals surface area contributed by atoms with Crippen molar-refractivity contribution in [1.29, 1.82) is 0 Å². The molecule has 0 radical (unpaired) electrons. The zero-order chi connectivity index (χ0) is 25.6. The summed E-state index contributed by atoms with van der Waals surface area (Å²) in [6.07, 6.45) is 5.11. The molecule has 0 aliphatic carbocycles. The Balaban J connectivity index is 1.40. The first-order valence-electron chi connectivity index (χ1n) is 12.8. The molecule has 1 aromatic carbocycles. The lowest BCUT2D eigenvalue weighted by Gasteiger charge is -2.32. The van der Waals surface area contributed by atoms with Gasteiger partial charge >= 0.3 is 0 Å². The van der Waals surface area contributed by atoms with Gasteiger partial charge in [-0.3, -0.25) is 14.7 Å². The highest BCUT2D eigenvalue weighted by molar-refractivity contribution is 5.97. The maximum atomic E-state index is 12.4. The van der Waals surface area contributed by atoms with Crippen LogP contribution in [-0.2, 0) is 11.3 Å². The lowest BCUT2D eigenvalue weighted by Crippen LogP contribution is -2.43. The van der Waals surface area contributed by atoms with Crippen LogP contribution in [0.15, 0.2) is 48.8 Å². The molecular formula is C27H34N8O2. The van der Waals surface area contributed by atoms with E-state index in [1.807, 2.05) is 24.3 Å². The third kappa shape index (κ3) is 6.40. The second-order valence-electron chi connectivity index (χ2n) is 9.65. The van der Waals surface area contributed by atoms with Crippen molar-refractivity contribution in [1.82, 2.24) is 24.8 Å². The predicted octanol–water partition coefficient (Wildman–Crippen LogP) is 2.72. The van der Waals surface area contributed by atoms with E-state index in [0.717, 1.165) is 56.8 Å². The number of aromatic nitrogens is 3. The maximum Gasteiger partial charge on any atom is 0.271 e. The number of nitrogens with one attached hydrogen (secondary N) is 2. The van der Waals surface area contributed by atoms with Gasteiger partial charge in [0.25, 0.3) is 5.91 Å². The Bertz CT molecular complexity index is 1190. The monoisotopic (exact) mass is 502 g/mol. The molecular weight excluding hydrogens is 468 g/mol. The molecule has 2 aliphatic rings. The van der Waals surface area contributed by atoms with E-state index >= 15 is 0 Å². The largest absolute Gasteiger partial charge is 0.381 e. The van der Waals surface area contributed by atoms with Crippen molar-refractivity contribution in [3.63, 3.8) is 0 Å². The van der Waals surface area contributed by atoms with E-state index in [9.17, 15) is 4.79 Å². The number of likely N-dealkylation sites (N-methyl/N-ethyl adjacent to an activating group) is 1. The zero-order valence-electron chi connectivity index (χ0n) is 21.2. The standard InChI is InChI=1S/C27H34N8O2/c1-34-12-14-35(15-13-34)18-19-2-4-21(5-3-19)30-27-24(25(28)36)32-23(20-6-10-29-11-7-20)26(33-27)31-22-8-16-37-17-9-22/h2-7,10-11,22H,8-9,12-18H2,1H3,(H2,28,36)(H2,30,31,33). The molecule has 2 saturated heterocycles. The number of hydrogen-bond acceptors (Lipinski definition) is 9. The van der Waals surface area contributed by atoms with E-state index in [0.29, 0.717) is 30.5 Å². The summed E-state index contributed by atoms with van der Waals surface area (Å²) in [7, 11) is 2.16. The number of piperazine rings is 1. The Labute approximate surface area is 217 Å². The van der Waals surface area contributed by atoms with Crippen molar-refractivity contribution in [2.24, 2.45) is 5.73 Å². The summed E-state index contributed by atoms with van der Waals surface area (Å²) in [5.41, 5.74) is 9.26. The first kappa shape index (κ1) is 25.1. The van der Waals surface area contributed by atoms with Gasteiger partial charge in [0, 0.05) is 75.6 Å². The molecule has 0 spiro atoms. The molecule has 2 aromatic heterocycles. The minimum atomic E-state index is -0.644. The third-order valence-electron chi connectivity index (χ3n) is 6.86. The SMILES string of the molecule is CN1CCN(Cc2ccc(Nc3nc(NC4CCOCC4)c(-c4ccncc4)nc3C(N)=O)cc2)CC1. The van der Waals surface area contributed by atoms with Crippen molar-refractivity contribution in [3.05, 3.63) is 60.0 Å². The van der Waals surface area contributed by atoms with Crippen LogP contribution in [0.3, 0.4) is 0 Å². The highest BCUT2D eigenvalue weighted by atomic mass is 16.5. The van der Waals surface area contributed by atoms with E-state index in [1.165, 1.54) is 5.56 Å². The molecule has 2 fully saturated rings. The van der Waals surface area contributed by atoms with Gasteiger partial charge in [-0.15, -0.1) is 0 Å². The number of hydrogen-bond donors (Lipinski definition) is 3. The van der Waals surface area contributed by atoms with Crippen LogP contribution in [0.5, 0.6) is 0 Å². The Morgan fingerprint density at radius 2 is 1.70 bits per heavy atom. The second-order valence-corrected chi connectivity index (χ2v) is 9.65. The molecule has 37 heavy (non-hydrogen) atoms. The number of rotatable bonds is 8. The zero-order valence-corrected chi connectivity index (χ0v) is 21.2. The lowest BCUT2D eigenvalue weighted by molar-refractivity contribution is 0.0904. The summed E-state index contributed by atoms with van der Waals surface area (Å²) >= 11 is 0. The van der Waals surface area contributed by atoms with E-state index in [1.54, 1.807) is 12.4 Å². The molecule has 4 heterocycles. The first-order chi connectivity index (χ1) is 18.0. The summed E-state index contributed by atoms with van der Waals surface area (Å²) in [4.78, 5) is 30.8. The minimum Gasteiger partial charge on any atom is -0.381 e. The number of anilines is 3. The van der Waals surface area contributed by atoms with E-state index < -0.39 is 5.91 Å². The van der Waals surface area contributed by atoms with Gasteiger partial charge in [0.2, 0.25) is 0 Å². The Morgan fingerprint density at radius 3 is 2.38 bits per heavy atom. The van der Waals surface area contributed by atoms with Crippen molar-refractivity contribution in [2.75, 3.05) is 57.1 Å². The van der Waals surface area contributed by atoms with Crippen LogP contribution in [0.25, 0.3) is 11.3 Å². The van der Waals surface area contributed by atoms with Crippen LogP contribution in [0.1, 0.15) is 28.9 Å². The van der Waals surface area contributed by atoms with Crippen molar-refractivity contribution in [3.8, 4) is 11.3 Å². The number of carbonyl (C=O) groups excluding carboxylic acids is 1. The molecule has 0 unspecified atom stereocenters. The van der Waals surface area contributed by atoms with Gasteiger partial charge in [0.05, 0.1) is 0 Å². The third-order valence-corrected chi connectivity index (χ3v) is 6.86. The fourth-order valence-electron chi connectivity index (χ4n) is 4.64. The highest BCUT2D eigenvalue weighted by Gasteiger charge is 2.22. The molecule has 0 bridgehead atoms. The number of primary amides is 1. The van der Waals surface area contributed by atoms with Crippen LogP contribution in [0.2, 0.25) is 0 Å². The first-order valence-corrected chi connectivity index (χ1v) is 12.8. The fraction of sp³-hybridized carbons (Fsp3) is 0.407. The average Bonchev–Trinajstić information content (AvgIpc) is 2.92. The highest BCUT2D eigenvalue weighted by Crippen LogP contribution is 2.30. The van der Waals surface area contributed by atoms with Gasteiger partial charge in [0.15, 0.2) is 17.3 Å². The number of ether oxygens (including phenoxy) is 1. The molecule has 3 aromatic rings. The van der Waals surface area contributed by atoms with Gasteiger partial charge in [-0.1, -0.05) is 12.1 Å². The van der Waals surface area contributed by atoms with Crippen molar-refractivity contribution >= 4 is 23.2 Å². The number of nitrogens with two attached hydrogens (primary N) is 1. The maximum absolute atomic E-state index is 12.4.